The maximum absolute atomic E-state index is 12.2. The number of nitriles is 1. The highest BCUT2D eigenvalue weighted by atomic mass is 32.2. The summed E-state index contributed by atoms with van der Waals surface area (Å²) in [6, 6.07) is 20.4. The van der Waals surface area contributed by atoms with Gasteiger partial charge < -0.3 is 9.47 Å². The van der Waals surface area contributed by atoms with Gasteiger partial charge in [-0.3, -0.25) is 0 Å². The predicted molar refractivity (Wildman–Crippen MR) is 95.1 cm³/mol. The van der Waals surface area contributed by atoms with Crippen LogP contribution in [0, 0.1) is 11.3 Å². The summed E-state index contributed by atoms with van der Waals surface area (Å²) < 4.78 is 11.3. The number of nitrogens with zero attached hydrogens (tertiary/aromatic N) is 1. The van der Waals surface area contributed by atoms with Crippen LogP contribution in [-0.2, 0) is 4.74 Å². The van der Waals surface area contributed by atoms with Crippen molar-refractivity contribution >= 4 is 17.7 Å². The Kier molecular flexibility index (Phi) is 7.72. The summed E-state index contributed by atoms with van der Waals surface area (Å²) in [6.45, 7) is 0.280. The van der Waals surface area contributed by atoms with E-state index in [1.807, 2.05) is 36.4 Å². The van der Waals surface area contributed by atoms with E-state index in [2.05, 4.69) is 6.07 Å². The van der Waals surface area contributed by atoms with Gasteiger partial charge in [0.2, 0.25) is 0 Å². The van der Waals surface area contributed by atoms with Gasteiger partial charge in [0.1, 0.15) is 18.5 Å². The fourth-order valence-corrected chi connectivity index (χ4v) is 2.78. The summed E-state index contributed by atoms with van der Waals surface area (Å²) in [6.07, 6.45) is 0.102. The van der Waals surface area contributed by atoms with E-state index in [1.165, 1.54) is 0 Å². The number of hydrogen-bond donors (Lipinski definition) is 0. The standard InChI is InChI=1S/C19H19NO3S/c20-12-7-13-24-15-18(14-22-17-10-5-2-6-11-17)23-19(21)16-8-3-1-4-9-16/h1-6,8-11,18H,7,13-15H2. The lowest BCUT2D eigenvalue weighted by atomic mass is 10.2. The number of benzene rings is 2. The van der Waals surface area contributed by atoms with Crippen LogP contribution >= 0.6 is 11.8 Å². The highest BCUT2D eigenvalue weighted by molar-refractivity contribution is 7.99. The van der Waals surface area contributed by atoms with Crippen molar-refractivity contribution in [3.63, 3.8) is 0 Å². The Balaban J connectivity index is 1.91. The van der Waals surface area contributed by atoms with Crippen LogP contribution in [0.3, 0.4) is 0 Å². The van der Waals surface area contributed by atoms with Crippen LogP contribution in [0.1, 0.15) is 16.8 Å². The second-order valence-corrected chi connectivity index (χ2v) is 6.15. The Morgan fingerprint density at radius 2 is 1.75 bits per heavy atom. The van der Waals surface area contributed by atoms with Gasteiger partial charge in [-0.1, -0.05) is 36.4 Å². The second kappa shape index (κ2) is 10.3. The maximum atomic E-state index is 12.2. The number of esters is 1. The zero-order valence-electron chi connectivity index (χ0n) is 13.3. The van der Waals surface area contributed by atoms with Crippen molar-refractivity contribution in [2.45, 2.75) is 12.5 Å². The van der Waals surface area contributed by atoms with E-state index in [9.17, 15) is 4.79 Å². The quantitative estimate of drug-likeness (QED) is 0.511. The van der Waals surface area contributed by atoms with Crippen LogP contribution < -0.4 is 4.74 Å². The first kappa shape index (κ1) is 17.9. The lowest BCUT2D eigenvalue weighted by Gasteiger charge is -2.18. The lowest BCUT2D eigenvalue weighted by molar-refractivity contribution is 0.0241. The fraction of sp³-hybridized carbons (Fsp3) is 0.263. The molecule has 1 atom stereocenters. The molecule has 0 aliphatic carbocycles. The molecule has 0 radical (unpaired) electrons. The third-order valence-electron chi connectivity index (χ3n) is 3.12. The number of carbonyl (C=O) groups excluding carboxylic acids is 1. The Morgan fingerprint density at radius 3 is 2.42 bits per heavy atom. The zero-order chi connectivity index (χ0) is 17.0. The van der Waals surface area contributed by atoms with Gasteiger partial charge in [-0.25, -0.2) is 4.79 Å². The van der Waals surface area contributed by atoms with Gasteiger partial charge in [0.25, 0.3) is 0 Å². The van der Waals surface area contributed by atoms with Crippen molar-refractivity contribution in [3.05, 3.63) is 66.2 Å². The summed E-state index contributed by atoms with van der Waals surface area (Å²) in [4.78, 5) is 12.2. The Labute approximate surface area is 146 Å². The molecule has 4 nitrogen and oxygen atoms in total. The van der Waals surface area contributed by atoms with Crippen molar-refractivity contribution in [1.29, 1.82) is 5.26 Å². The first-order chi connectivity index (χ1) is 11.8. The molecule has 0 saturated heterocycles. The van der Waals surface area contributed by atoms with E-state index in [4.69, 9.17) is 14.7 Å². The van der Waals surface area contributed by atoms with Crippen molar-refractivity contribution in [3.8, 4) is 11.8 Å². The largest absolute Gasteiger partial charge is 0.490 e. The lowest BCUT2D eigenvalue weighted by Crippen LogP contribution is -2.27. The van der Waals surface area contributed by atoms with Gasteiger partial charge in [0, 0.05) is 17.9 Å². The van der Waals surface area contributed by atoms with Gasteiger partial charge in [0.05, 0.1) is 11.6 Å². The average Bonchev–Trinajstić information content (AvgIpc) is 2.64. The number of para-hydroxylation sites is 1. The minimum absolute atomic E-state index is 0.280. The number of carbonyl (C=O) groups is 1. The van der Waals surface area contributed by atoms with E-state index < -0.39 is 0 Å². The van der Waals surface area contributed by atoms with E-state index in [0.29, 0.717) is 23.5 Å². The highest BCUT2D eigenvalue weighted by Crippen LogP contribution is 2.14. The Morgan fingerprint density at radius 1 is 1.08 bits per heavy atom. The van der Waals surface area contributed by atoms with Crippen LogP contribution in [0.4, 0.5) is 0 Å². The number of hydrogen-bond acceptors (Lipinski definition) is 5. The molecule has 24 heavy (non-hydrogen) atoms. The molecule has 0 aromatic heterocycles. The van der Waals surface area contributed by atoms with Crippen LogP contribution in [0.15, 0.2) is 60.7 Å². The predicted octanol–water partition coefficient (Wildman–Crippen LogP) is 3.94. The van der Waals surface area contributed by atoms with Crippen molar-refractivity contribution in [2.24, 2.45) is 0 Å². The Bertz CT molecular complexity index is 655. The molecule has 0 saturated carbocycles. The van der Waals surface area contributed by atoms with Crippen molar-refractivity contribution in [2.75, 3.05) is 18.1 Å². The molecule has 0 aliphatic heterocycles. The van der Waals surface area contributed by atoms with Crippen LogP contribution in [0.5, 0.6) is 5.75 Å². The second-order valence-electron chi connectivity index (χ2n) is 5.00. The summed E-state index contributed by atoms with van der Waals surface area (Å²) in [5.41, 5.74) is 0.518. The molecular formula is C19H19NO3S. The van der Waals surface area contributed by atoms with E-state index in [1.54, 1.807) is 36.0 Å². The van der Waals surface area contributed by atoms with Crippen LogP contribution in [0.2, 0.25) is 0 Å². The smallest absolute Gasteiger partial charge is 0.338 e. The molecule has 0 spiro atoms. The summed E-state index contributed by atoms with van der Waals surface area (Å²) in [5.74, 6) is 1.67. The molecule has 0 fully saturated rings. The fourth-order valence-electron chi connectivity index (χ4n) is 1.95. The number of ether oxygens (including phenoxy) is 2. The first-order valence-electron chi connectivity index (χ1n) is 7.68. The third kappa shape index (κ3) is 6.35. The highest BCUT2D eigenvalue weighted by Gasteiger charge is 2.17. The zero-order valence-corrected chi connectivity index (χ0v) is 14.1. The number of rotatable bonds is 9. The Hall–Kier alpha value is -2.45. The molecule has 5 heteroatoms. The minimum atomic E-state index is -0.374. The minimum Gasteiger partial charge on any atom is -0.490 e. The van der Waals surface area contributed by atoms with Gasteiger partial charge in [-0.2, -0.15) is 17.0 Å². The molecule has 0 amide bonds. The summed E-state index contributed by atoms with van der Waals surface area (Å²) >= 11 is 1.58. The van der Waals surface area contributed by atoms with Crippen LogP contribution in [-0.4, -0.2) is 30.2 Å². The average molecular weight is 341 g/mol. The summed E-state index contributed by atoms with van der Waals surface area (Å²) in [7, 11) is 0. The molecular weight excluding hydrogens is 322 g/mol. The molecule has 1 unspecified atom stereocenters. The molecule has 2 rings (SSSR count). The van der Waals surface area contributed by atoms with E-state index >= 15 is 0 Å². The van der Waals surface area contributed by atoms with Crippen LogP contribution in [0.25, 0.3) is 0 Å². The van der Waals surface area contributed by atoms with Crippen molar-refractivity contribution < 1.29 is 14.3 Å². The normalized spacial score (nSPS) is 11.3. The van der Waals surface area contributed by atoms with E-state index in [-0.39, 0.29) is 18.7 Å². The molecule has 2 aromatic rings. The van der Waals surface area contributed by atoms with Gasteiger partial charge in [-0.05, 0) is 24.3 Å². The first-order valence-corrected chi connectivity index (χ1v) is 8.83. The van der Waals surface area contributed by atoms with Gasteiger partial charge >= 0.3 is 5.97 Å². The monoisotopic (exact) mass is 341 g/mol. The topological polar surface area (TPSA) is 59.3 Å². The molecule has 2 aromatic carbocycles. The molecule has 0 bridgehead atoms. The SMILES string of the molecule is N#CCCSCC(COc1ccccc1)OC(=O)c1ccccc1. The molecule has 124 valence electrons. The molecule has 0 heterocycles. The van der Waals surface area contributed by atoms with E-state index in [0.717, 1.165) is 5.75 Å². The summed E-state index contributed by atoms with van der Waals surface area (Å²) in [5, 5.41) is 8.60. The van der Waals surface area contributed by atoms with Gasteiger partial charge in [-0.15, -0.1) is 0 Å². The molecule has 0 aliphatic rings. The molecule has 0 N–H and O–H groups in total. The van der Waals surface area contributed by atoms with Gasteiger partial charge in [0.15, 0.2) is 0 Å². The third-order valence-corrected chi connectivity index (χ3v) is 4.22. The van der Waals surface area contributed by atoms with Crippen molar-refractivity contribution in [1.82, 2.24) is 0 Å². The number of thioether (sulfide) groups is 1. The maximum Gasteiger partial charge on any atom is 0.338 e.